The summed E-state index contributed by atoms with van der Waals surface area (Å²) in [7, 11) is -2.36. The summed E-state index contributed by atoms with van der Waals surface area (Å²) in [5.74, 6) is -2.75. The van der Waals surface area contributed by atoms with Crippen LogP contribution in [-0.4, -0.2) is 250 Å². The van der Waals surface area contributed by atoms with Gasteiger partial charge in [-0.2, -0.15) is 4.31 Å². The molecule has 7 aliphatic rings. The number of pyridine rings is 2. The molecule has 126 heavy (non-hydrogen) atoms. The molecule has 690 valence electrons. The van der Waals surface area contributed by atoms with Crippen LogP contribution < -0.4 is 61.5 Å². The van der Waals surface area contributed by atoms with E-state index in [0.717, 1.165) is 61.6 Å². The number of urea groups is 2. The predicted octanol–water partition coefficient (Wildman–Crippen LogP) is 11.0. The lowest BCUT2D eigenvalue weighted by molar-refractivity contribution is -0.146. The van der Waals surface area contributed by atoms with Gasteiger partial charge in [-0.25, -0.2) is 60.3 Å². The molecule has 9 heterocycles. The number of carbonyl (C=O) groups is 8. The van der Waals surface area contributed by atoms with Gasteiger partial charge in [0.05, 0.1) is 61.2 Å². The number of fused-ring (bicyclic) bond motifs is 6. The average Bonchev–Trinajstić information content (AvgIpc) is 1.60. The van der Waals surface area contributed by atoms with Crippen LogP contribution in [-0.2, 0) is 48.8 Å². The minimum atomic E-state index is -3.55. The molecule has 8 amide bonds. The lowest BCUT2D eigenvalue weighted by Crippen LogP contribution is -2.59. The normalized spacial score (nSPS) is 25.2. The van der Waals surface area contributed by atoms with Crippen molar-refractivity contribution in [3.63, 3.8) is 0 Å². The third kappa shape index (κ3) is 23.1. The highest BCUT2D eigenvalue weighted by atomic mass is 32.2. The number of carboxylic acid groups (broad SMARTS) is 2. The molecule has 2 unspecified atom stereocenters. The molecule has 2 aromatic carbocycles. The third-order valence-corrected chi connectivity index (χ3v) is 30.4. The van der Waals surface area contributed by atoms with Gasteiger partial charge in [0, 0.05) is 109 Å². The number of amides is 8. The van der Waals surface area contributed by atoms with Gasteiger partial charge >= 0.3 is 24.0 Å². The van der Waals surface area contributed by atoms with E-state index in [1.165, 1.54) is 48.1 Å². The van der Waals surface area contributed by atoms with E-state index in [2.05, 4.69) is 42.5 Å². The summed E-state index contributed by atoms with van der Waals surface area (Å²) in [5, 5.41) is 51.5. The Morgan fingerprint density at radius 1 is 0.595 bits per heavy atom. The van der Waals surface area contributed by atoms with Crippen molar-refractivity contribution in [2.24, 2.45) is 22.7 Å². The van der Waals surface area contributed by atoms with E-state index in [0.29, 0.717) is 125 Å². The number of benzene rings is 2. The fourth-order valence-corrected chi connectivity index (χ4v) is 21.5. The lowest BCUT2D eigenvalue weighted by atomic mass is 9.86. The summed E-state index contributed by atoms with van der Waals surface area (Å²) in [6, 6.07) is 8.03. The van der Waals surface area contributed by atoms with E-state index < -0.39 is 138 Å². The van der Waals surface area contributed by atoms with E-state index >= 15 is 0 Å². The maximum Gasteiger partial charge on any atom is 0.329 e. The first-order valence-electron chi connectivity index (χ1n) is 44.1. The van der Waals surface area contributed by atoms with Crippen LogP contribution in [0.15, 0.2) is 59.3 Å². The summed E-state index contributed by atoms with van der Waals surface area (Å²) < 4.78 is 78.0. The number of likely N-dealkylation sites (N-methyl/N-ethyl adjacent to an activating group) is 1. The number of carboxylic acids is 2. The summed E-state index contributed by atoms with van der Waals surface area (Å²) in [6.07, 6.45) is 9.66. The van der Waals surface area contributed by atoms with Crippen molar-refractivity contribution < 1.29 is 84.4 Å². The number of anilines is 2. The Hall–Kier alpha value is -9.50. The minimum absolute atomic E-state index is 0.0159. The number of aliphatic carboxylic acids is 2. The molecule has 5 aliphatic heterocycles. The van der Waals surface area contributed by atoms with Gasteiger partial charge in [0.15, 0.2) is 10.3 Å². The Morgan fingerprint density at radius 3 is 1.39 bits per heavy atom. The van der Waals surface area contributed by atoms with Gasteiger partial charge in [0.25, 0.3) is 0 Å². The number of carbonyl (C=O) groups excluding carboxylic acids is 6. The van der Waals surface area contributed by atoms with Crippen molar-refractivity contribution in [1.82, 2.24) is 70.2 Å². The molecule has 10 N–H and O–H groups in total. The molecule has 12 atom stereocenters. The van der Waals surface area contributed by atoms with Gasteiger partial charge in [0.2, 0.25) is 43.7 Å². The van der Waals surface area contributed by atoms with Gasteiger partial charge in [0.1, 0.15) is 81.8 Å². The van der Waals surface area contributed by atoms with Crippen molar-refractivity contribution in [3.05, 3.63) is 59.3 Å². The Kier molecular flexibility index (Phi) is 30.4. The van der Waals surface area contributed by atoms with Gasteiger partial charge in [-0.3, -0.25) is 19.2 Å². The van der Waals surface area contributed by atoms with Crippen molar-refractivity contribution in [3.8, 4) is 45.8 Å². The van der Waals surface area contributed by atoms with Crippen molar-refractivity contribution >= 4 is 122 Å². The number of sulfonamides is 2. The quantitative estimate of drug-likeness (QED) is 0.0269. The van der Waals surface area contributed by atoms with Crippen LogP contribution in [0.5, 0.6) is 23.0 Å². The topological polar surface area (TPSA) is 443 Å². The molecule has 0 bridgehead atoms. The first-order chi connectivity index (χ1) is 59.6. The van der Waals surface area contributed by atoms with Crippen LogP contribution in [0.2, 0.25) is 0 Å². The number of methoxy groups -OCH3 is 2. The molecule has 0 radical (unpaired) electrons. The van der Waals surface area contributed by atoms with Crippen LogP contribution in [0.25, 0.3) is 44.6 Å². The number of hydrogen-bond donors (Lipinski definition) is 10. The first kappa shape index (κ1) is 95.6. The van der Waals surface area contributed by atoms with E-state index in [1.807, 2.05) is 92.1 Å². The zero-order chi connectivity index (χ0) is 91.1. The summed E-state index contributed by atoms with van der Waals surface area (Å²) in [4.78, 5) is 134. The molecular weight excluding hydrogens is 1700 g/mol. The highest BCUT2D eigenvalue weighted by Gasteiger charge is 2.63. The lowest BCUT2D eigenvalue weighted by Gasteiger charge is -2.35. The first-order valence-corrected chi connectivity index (χ1v) is 49.1. The Morgan fingerprint density at radius 2 is 1.01 bits per heavy atom. The maximum absolute atomic E-state index is 14.9. The van der Waals surface area contributed by atoms with Gasteiger partial charge in [-0.05, 0) is 126 Å². The van der Waals surface area contributed by atoms with Crippen molar-refractivity contribution in [2.75, 3.05) is 76.1 Å². The molecule has 34 nitrogen and oxygen atoms in total. The van der Waals surface area contributed by atoms with Crippen LogP contribution in [0.3, 0.4) is 0 Å². The molecule has 5 saturated heterocycles. The van der Waals surface area contributed by atoms with E-state index in [9.17, 15) is 65.4 Å². The van der Waals surface area contributed by atoms with Gasteiger partial charge < -0.3 is 81.5 Å². The standard InChI is InChI=1S/C44H62N8O9S2.C44H64N8O9S2/c1-26(2)45-42-48-34(25-62-42)33-21-36(30-16-15-28(60-6)19-32(30)46-33)61-29-20-35-38(53)50-44(40(55)56)22-27(44)13-10-8-7-9-11-14-31(39(54)52(35)23-29)47-41(57)49-37(43(3,4)5)24-51-17-12-18-63(51,58)59;1-9-63(58,59)51(7)24-37(43(4,5)6)49-41(57)47-31-16-14-12-10-11-13-15-27-22-44(27,40(55)56)50-38(53)35-20-29(23-52(35)39(31)54)61-36-21-33(34-25-62-42(48-34)45-26(2)3)46-32-19-28(60-8)17-18-30(32)36/h15-16,19,21,25-27,29,31,35,37H,7-14,17-18,20,22-24H2,1-6H3,(H,45,48)(H,50,53)(H,55,56)(H2,47,49,57);17-19,21,25-27,29,31,35,37H,9-16,20,22-24H2,1-8H3,(H,45,48)(H,50,53)(H,55,56)(H2,47,49,57)/t2*27?,29-,31+,35+,37-,44-/m11/s1. The summed E-state index contributed by atoms with van der Waals surface area (Å²) >= 11 is 2.91. The molecule has 2 aliphatic carbocycles. The Labute approximate surface area is 746 Å². The fourth-order valence-electron chi connectivity index (χ4n) is 17.4. The molecule has 38 heteroatoms. The number of ether oxygens (including phenoxy) is 4. The molecule has 2 saturated carbocycles. The van der Waals surface area contributed by atoms with Crippen molar-refractivity contribution in [2.45, 2.75) is 270 Å². The van der Waals surface area contributed by atoms with E-state index in [4.69, 9.17) is 38.9 Å². The second kappa shape index (κ2) is 40.0. The molecule has 6 aromatic rings. The van der Waals surface area contributed by atoms with Crippen LogP contribution in [0, 0.1) is 22.7 Å². The molecule has 0 spiro atoms. The highest BCUT2D eigenvalue weighted by molar-refractivity contribution is 7.89. The molecule has 7 fully saturated rings. The summed E-state index contributed by atoms with van der Waals surface area (Å²) in [6.45, 7) is 21.5. The van der Waals surface area contributed by atoms with Crippen LogP contribution in [0.1, 0.15) is 198 Å². The van der Waals surface area contributed by atoms with E-state index in [1.54, 1.807) is 57.5 Å². The third-order valence-electron chi connectivity index (χ3n) is 25.1. The van der Waals surface area contributed by atoms with Gasteiger partial charge in [-0.1, -0.05) is 106 Å². The smallest absolute Gasteiger partial charge is 0.329 e. The zero-order valence-corrected chi connectivity index (χ0v) is 78.0. The average molecular weight is 1820 g/mol. The number of nitrogens with zero attached hydrogens (tertiary/aromatic N) is 8. The number of aromatic nitrogens is 4. The Balaban J connectivity index is 0.000000229. The Bertz CT molecular complexity index is 5180. The highest BCUT2D eigenvalue weighted by Crippen LogP contribution is 2.50. The summed E-state index contributed by atoms with van der Waals surface area (Å²) in [5.41, 5.74) is -0.395. The number of nitrogens with one attached hydrogen (secondary N) is 8. The number of thiazole rings is 2. The second-order valence-electron chi connectivity index (χ2n) is 37.3. The monoisotopic (exact) mass is 1820 g/mol. The van der Waals surface area contributed by atoms with Crippen molar-refractivity contribution in [1.29, 1.82) is 0 Å². The van der Waals surface area contributed by atoms with E-state index in [-0.39, 0.29) is 80.9 Å². The molecule has 4 aromatic heterocycles. The van der Waals surface area contributed by atoms with Gasteiger partial charge in [-0.15, -0.1) is 22.7 Å². The fraction of sp³-hybridized carbons (Fsp3) is 0.636. The second-order valence-corrected chi connectivity index (χ2v) is 43.5. The molecular formula is C88H126N16O18S4. The maximum atomic E-state index is 14.9. The predicted molar refractivity (Wildman–Crippen MR) is 483 cm³/mol. The SMILES string of the molecule is CCS(=O)(=O)N(C)C[C@@H](NC(=O)N[C@H]1CCCCCCCC2C[C@@]2(C(=O)O)NC(=O)[C@@H]2C[C@@H](Oc3cc(-c4csc(NC(C)C)n4)nc4cc(OC)ccc34)CN2C1=O)C(C)(C)C.COc1ccc2c(O[C@@H]3C[C@H]4C(=O)N[C@]5(C(=O)O)CC5CCCCCCC[C@H](NC(=O)N[C@H](CN5CCCS5(=O)=O)C(C)(C)C)C(=O)N4C3)cc(-c3csc(NC(C)C)n3)nc2c1. The van der Waals surface area contributed by atoms with Crippen LogP contribution >= 0.6 is 22.7 Å². The minimum Gasteiger partial charge on any atom is -0.497 e. The largest absolute Gasteiger partial charge is 0.497 e. The number of rotatable bonds is 24. The van der Waals surface area contributed by atoms with Crippen LogP contribution in [0.4, 0.5) is 19.9 Å². The number of hydrogen-bond acceptors (Lipinski definition) is 24. The molecule has 13 rings (SSSR count). The zero-order valence-electron chi connectivity index (χ0n) is 74.7.